The molecule has 0 aliphatic carbocycles. The highest BCUT2D eigenvalue weighted by Gasteiger charge is 2.29. The summed E-state index contributed by atoms with van der Waals surface area (Å²) in [5.41, 5.74) is 0.971. The molecule has 0 aliphatic heterocycles. The third-order valence-corrected chi connectivity index (χ3v) is 7.16. The lowest BCUT2D eigenvalue weighted by Crippen LogP contribution is -2.10. The Morgan fingerprint density at radius 1 is 1.00 bits per heavy atom. The number of hydrogen-bond acceptors (Lipinski definition) is 7. The minimum atomic E-state index is -4.09. The molecule has 0 aliphatic rings. The van der Waals surface area contributed by atoms with E-state index in [1.807, 2.05) is 12.1 Å². The molecule has 0 saturated heterocycles. The molecule has 0 atom stereocenters. The number of oxazole rings is 1. The summed E-state index contributed by atoms with van der Waals surface area (Å²) >= 11 is 5.91. The molecule has 1 aromatic heterocycles. The Labute approximate surface area is 207 Å². The minimum Gasteiger partial charge on any atom is -0.493 e. The first-order chi connectivity index (χ1) is 16.8. The van der Waals surface area contributed by atoms with Gasteiger partial charge in [-0.3, -0.25) is 0 Å². The van der Waals surface area contributed by atoms with Crippen LogP contribution >= 0.6 is 11.6 Å². The maximum absolute atomic E-state index is 14.4. The molecule has 0 fully saturated rings. The molecule has 3 aromatic carbocycles. The van der Waals surface area contributed by atoms with E-state index < -0.39 is 15.7 Å². The lowest BCUT2D eigenvalue weighted by Gasteiger charge is -2.10. The van der Waals surface area contributed by atoms with Crippen molar-refractivity contribution in [3.8, 4) is 23.0 Å². The predicted octanol–water partition coefficient (Wildman–Crippen LogP) is 5.64. The van der Waals surface area contributed by atoms with Crippen molar-refractivity contribution >= 4 is 27.3 Å². The molecule has 0 bridgehead atoms. The largest absolute Gasteiger partial charge is 0.493 e. The van der Waals surface area contributed by atoms with E-state index in [1.54, 1.807) is 26.4 Å². The van der Waals surface area contributed by atoms with Gasteiger partial charge in [0.05, 0.1) is 24.7 Å². The van der Waals surface area contributed by atoms with Gasteiger partial charge in [-0.1, -0.05) is 29.8 Å². The average molecular weight is 517 g/mol. The van der Waals surface area contributed by atoms with Crippen LogP contribution in [0.4, 0.5) is 10.3 Å². The molecule has 1 heterocycles. The molecule has 182 valence electrons. The van der Waals surface area contributed by atoms with Crippen molar-refractivity contribution in [3.05, 3.63) is 83.1 Å². The summed E-state index contributed by atoms with van der Waals surface area (Å²) in [6, 6.07) is 17.0. The number of sulfone groups is 1. The van der Waals surface area contributed by atoms with Crippen LogP contribution in [0, 0.1) is 5.82 Å². The van der Waals surface area contributed by atoms with Gasteiger partial charge in [-0.2, -0.15) is 4.98 Å². The van der Waals surface area contributed by atoms with Crippen LogP contribution in [0.1, 0.15) is 5.56 Å². The zero-order chi connectivity index (χ0) is 25.0. The van der Waals surface area contributed by atoms with Crippen molar-refractivity contribution in [1.29, 1.82) is 0 Å². The Bertz CT molecular complexity index is 1440. The molecule has 0 radical (unpaired) electrons. The Morgan fingerprint density at radius 2 is 1.71 bits per heavy atom. The summed E-state index contributed by atoms with van der Waals surface area (Å²) < 4.78 is 57.4. The van der Waals surface area contributed by atoms with E-state index in [2.05, 4.69) is 10.3 Å². The van der Waals surface area contributed by atoms with Crippen LogP contribution < -0.4 is 14.8 Å². The van der Waals surface area contributed by atoms with Gasteiger partial charge in [0.2, 0.25) is 26.6 Å². The van der Waals surface area contributed by atoms with Gasteiger partial charge in [0.25, 0.3) is 0 Å². The number of methoxy groups -OCH3 is 2. The summed E-state index contributed by atoms with van der Waals surface area (Å²) in [4.78, 5) is 4.15. The van der Waals surface area contributed by atoms with Crippen LogP contribution in [0.15, 0.2) is 81.1 Å². The Hall–Kier alpha value is -3.56. The van der Waals surface area contributed by atoms with Gasteiger partial charge in [0, 0.05) is 11.6 Å². The molecule has 0 spiro atoms. The molecular formula is C25H22ClFN2O5S. The number of hydrogen-bond donors (Lipinski definition) is 1. The highest BCUT2D eigenvalue weighted by atomic mass is 35.5. The van der Waals surface area contributed by atoms with Crippen LogP contribution in [-0.4, -0.2) is 34.2 Å². The number of ether oxygens (including phenoxy) is 2. The van der Waals surface area contributed by atoms with Crippen molar-refractivity contribution in [2.75, 3.05) is 26.1 Å². The first-order valence-electron chi connectivity index (χ1n) is 10.5. The highest BCUT2D eigenvalue weighted by molar-refractivity contribution is 7.91. The molecule has 35 heavy (non-hydrogen) atoms. The standard InChI is InChI=1S/C25H22ClFN2O5S/c1-32-21-12-7-16(15-22(21)33-2)13-14-28-24-25(35(30,31)18-10-8-17(26)9-11-18)29-23(34-24)19-5-3-4-6-20(19)27/h3-12,15,28H,13-14H2,1-2H3. The normalized spacial score (nSPS) is 11.3. The molecule has 0 saturated carbocycles. The second-order valence-electron chi connectivity index (χ2n) is 7.46. The lowest BCUT2D eigenvalue weighted by atomic mass is 10.1. The van der Waals surface area contributed by atoms with Crippen molar-refractivity contribution < 1.29 is 26.7 Å². The van der Waals surface area contributed by atoms with Gasteiger partial charge in [0.15, 0.2) is 11.5 Å². The van der Waals surface area contributed by atoms with Crippen LogP contribution in [-0.2, 0) is 16.3 Å². The van der Waals surface area contributed by atoms with Crippen molar-refractivity contribution in [3.63, 3.8) is 0 Å². The smallest absolute Gasteiger partial charge is 0.233 e. The van der Waals surface area contributed by atoms with E-state index >= 15 is 0 Å². The summed E-state index contributed by atoms with van der Waals surface area (Å²) in [5.74, 6) is 0.367. The SMILES string of the molecule is COc1ccc(CCNc2oc(-c3ccccc3F)nc2S(=O)(=O)c2ccc(Cl)cc2)cc1OC. The van der Waals surface area contributed by atoms with Crippen LogP contribution in [0.3, 0.4) is 0 Å². The zero-order valence-electron chi connectivity index (χ0n) is 18.9. The van der Waals surface area contributed by atoms with Crippen LogP contribution in [0.5, 0.6) is 11.5 Å². The first-order valence-corrected chi connectivity index (χ1v) is 12.4. The van der Waals surface area contributed by atoms with Gasteiger partial charge in [-0.25, -0.2) is 12.8 Å². The van der Waals surface area contributed by atoms with E-state index in [4.69, 9.17) is 25.5 Å². The fourth-order valence-electron chi connectivity index (χ4n) is 3.43. The average Bonchev–Trinajstić information content (AvgIpc) is 3.29. The Balaban J connectivity index is 1.66. The number of nitrogens with one attached hydrogen (secondary N) is 1. The Kier molecular flexibility index (Phi) is 7.28. The number of anilines is 1. The van der Waals surface area contributed by atoms with E-state index in [0.717, 1.165) is 5.56 Å². The lowest BCUT2D eigenvalue weighted by molar-refractivity contribution is 0.354. The number of aromatic nitrogens is 1. The molecular weight excluding hydrogens is 495 g/mol. The molecule has 0 amide bonds. The third kappa shape index (κ3) is 5.26. The summed E-state index contributed by atoms with van der Waals surface area (Å²) in [5, 5.41) is 3.05. The van der Waals surface area contributed by atoms with Gasteiger partial charge in [0.1, 0.15) is 5.82 Å². The topological polar surface area (TPSA) is 90.7 Å². The number of benzene rings is 3. The van der Waals surface area contributed by atoms with Crippen LogP contribution in [0.25, 0.3) is 11.5 Å². The van der Waals surface area contributed by atoms with E-state index in [-0.39, 0.29) is 27.3 Å². The fourth-order valence-corrected chi connectivity index (χ4v) is 4.84. The summed E-state index contributed by atoms with van der Waals surface area (Å²) in [7, 11) is -0.984. The Morgan fingerprint density at radius 3 is 2.40 bits per heavy atom. The molecule has 7 nitrogen and oxygen atoms in total. The minimum absolute atomic E-state index is 0.0155. The van der Waals surface area contributed by atoms with Gasteiger partial charge >= 0.3 is 0 Å². The molecule has 4 aromatic rings. The second-order valence-corrected chi connectivity index (χ2v) is 9.76. The van der Waals surface area contributed by atoms with Crippen molar-refractivity contribution in [2.45, 2.75) is 16.3 Å². The number of nitrogens with zero attached hydrogens (tertiary/aromatic N) is 1. The maximum atomic E-state index is 14.4. The number of rotatable bonds is 9. The van der Waals surface area contributed by atoms with Gasteiger partial charge in [-0.15, -0.1) is 0 Å². The molecule has 10 heteroatoms. The monoisotopic (exact) mass is 516 g/mol. The maximum Gasteiger partial charge on any atom is 0.233 e. The van der Waals surface area contributed by atoms with Crippen LogP contribution in [0.2, 0.25) is 5.02 Å². The number of halogens is 2. The molecule has 0 unspecified atom stereocenters. The zero-order valence-corrected chi connectivity index (χ0v) is 20.5. The van der Waals surface area contributed by atoms with Crippen molar-refractivity contribution in [2.24, 2.45) is 0 Å². The van der Waals surface area contributed by atoms with Gasteiger partial charge in [-0.05, 0) is 60.5 Å². The van der Waals surface area contributed by atoms with E-state index in [9.17, 15) is 12.8 Å². The predicted molar refractivity (Wildman–Crippen MR) is 131 cm³/mol. The van der Waals surface area contributed by atoms with Gasteiger partial charge < -0.3 is 19.2 Å². The molecule has 1 N–H and O–H groups in total. The van der Waals surface area contributed by atoms with E-state index in [1.165, 1.54) is 42.5 Å². The van der Waals surface area contributed by atoms with E-state index in [0.29, 0.717) is 29.5 Å². The first kappa shape index (κ1) is 24.6. The highest BCUT2D eigenvalue weighted by Crippen LogP contribution is 2.34. The summed E-state index contributed by atoms with van der Waals surface area (Å²) in [6.07, 6.45) is 0.510. The quantitative estimate of drug-likeness (QED) is 0.308. The van der Waals surface area contributed by atoms with Crippen molar-refractivity contribution in [1.82, 2.24) is 4.98 Å². The molecule has 4 rings (SSSR count). The summed E-state index contributed by atoms with van der Waals surface area (Å²) in [6.45, 7) is 0.310. The second kappa shape index (κ2) is 10.4. The fraction of sp³-hybridized carbons (Fsp3) is 0.160. The third-order valence-electron chi connectivity index (χ3n) is 5.23.